The number of hydrogen-bond donors (Lipinski definition) is 0. The third kappa shape index (κ3) is 28.4. The number of likely N-dealkylation sites (N-methyl/N-ethyl adjacent to an activating group) is 1. The monoisotopic (exact) mass is 603 g/mol. The Morgan fingerprint density at radius 2 is 1.37 bits per heavy atom. The maximum Gasteiger partial charge on any atom is 0.306 e. The van der Waals surface area contributed by atoms with Crippen LogP contribution in [0.5, 0.6) is 0 Å². The van der Waals surface area contributed by atoms with E-state index in [2.05, 4.69) is 31.2 Å². The standard InChI is InChI=1S/C31H58NO8P/c1-6-8-9-10-11-12-13-14-15-16-17-18-19-20-21-22-23-24-31(34)40-29(27-37-30(33)7-2)28-39-41(35,36)38-26-25-32(3,4)5/h11-12,14-15,29H,6-10,13,16-28H2,1-5H3/b12-11-,15-14-. The van der Waals surface area contributed by atoms with Gasteiger partial charge in [-0.25, -0.2) is 0 Å². The van der Waals surface area contributed by atoms with Crippen LogP contribution in [-0.4, -0.2) is 70.0 Å². The van der Waals surface area contributed by atoms with Crippen LogP contribution in [0, 0.1) is 0 Å². The van der Waals surface area contributed by atoms with Gasteiger partial charge in [-0.1, -0.05) is 83.1 Å². The molecule has 0 saturated carbocycles. The Bertz CT molecular complexity index is 779. The highest BCUT2D eigenvalue weighted by Crippen LogP contribution is 2.38. The number of nitrogens with zero attached hydrogens (tertiary/aromatic N) is 1. The first-order valence-electron chi connectivity index (χ1n) is 15.5. The number of ether oxygens (including phenoxy) is 2. The molecule has 41 heavy (non-hydrogen) atoms. The van der Waals surface area contributed by atoms with Gasteiger partial charge in [0.2, 0.25) is 0 Å². The van der Waals surface area contributed by atoms with E-state index >= 15 is 0 Å². The van der Waals surface area contributed by atoms with Crippen molar-refractivity contribution in [2.45, 2.75) is 116 Å². The maximum absolute atomic E-state index is 12.3. The van der Waals surface area contributed by atoms with Gasteiger partial charge in [0.25, 0.3) is 7.82 Å². The van der Waals surface area contributed by atoms with E-state index in [9.17, 15) is 19.0 Å². The second-order valence-electron chi connectivity index (χ2n) is 11.4. The first-order valence-corrected chi connectivity index (χ1v) is 17.0. The summed E-state index contributed by atoms with van der Waals surface area (Å²) in [6.45, 7) is 3.55. The van der Waals surface area contributed by atoms with Crippen LogP contribution in [0.15, 0.2) is 24.3 Å². The molecule has 0 aliphatic carbocycles. The maximum atomic E-state index is 12.3. The topological polar surface area (TPSA) is 111 Å². The van der Waals surface area contributed by atoms with Crippen molar-refractivity contribution in [3.8, 4) is 0 Å². The van der Waals surface area contributed by atoms with E-state index in [1.54, 1.807) is 6.92 Å². The Morgan fingerprint density at radius 1 is 0.780 bits per heavy atom. The fraction of sp³-hybridized carbons (Fsp3) is 0.806. The number of quaternary nitrogens is 1. The minimum absolute atomic E-state index is 0.0340. The second-order valence-corrected chi connectivity index (χ2v) is 12.8. The first-order chi connectivity index (χ1) is 19.5. The summed E-state index contributed by atoms with van der Waals surface area (Å²) in [5.41, 5.74) is 0. The lowest BCUT2D eigenvalue weighted by Gasteiger charge is -2.28. The number of phosphoric acid groups is 1. The second kappa shape index (κ2) is 25.0. The average molecular weight is 604 g/mol. The van der Waals surface area contributed by atoms with Crippen LogP contribution in [0.4, 0.5) is 0 Å². The van der Waals surface area contributed by atoms with Crippen molar-refractivity contribution in [2.24, 2.45) is 0 Å². The summed E-state index contributed by atoms with van der Waals surface area (Å²) in [6, 6.07) is 0. The summed E-state index contributed by atoms with van der Waals surface area (Å²) >= 11 is 0. The smallest absolute Gasteiger partial charge is 0.306 e. The van der Waals surface area contributed by atoms with Crippen LogP contribution in [0.3, 0.4) is 0 Å². The lowest BCUT2D eigenvalue weighted by molar-refractivity contribution is -0.870. The zero-order chi connectivity index (χ0) is 30.8. The highest BCUT2D eigenvalue weighted by molar-refractivity contribution is 7.45. The van der Waals surface area contributed by atoms with Gasteiger partial charge in [-0.15, -0.1) is 0 Å². The number of unbranched alkanes of at least 4 members (excludes halogenated alkanes) is 10. The van der Waals surface area contributed by atoms with Crippen LogP contribution in [0.1, 0.15) is 110 Å². The van der Waals surface area contributed by atoms with Crippen LogP contribution in [0.2, 0.25) is 0 Å². The molecule has 0 N–H and O–H groups in total. The van der Waals surface area contributed by atoms with Crippen molar-refractivity contribution in [3.05, 3.63) is 24.3 Å². The van der Waals surface area contributed by atoms with Crippen molar-refractivity contribution in [1.82, 2.24) is 0 Å². The number of hydrogen-bond acceptors (Lipinski definition) is 8. The van der Waals surface area contributed by atoms with E-state index in [0.29, 0.717) is 17.4 Å². The predicted octanol–water partition coefficient (Wildman–Crippen LogP) is 6.65. The molecule has 0 spiro atoms. The lowest BCUT2D eigenvalue weighted by atomic mass is 10.1. The molecule has 2 unspecified atom stereocenters. The van der Waals surface area contributed by atoms with E-state index in [1.165, 1.54) is 44.9 Å². The molecule has 0 amide bonds. The van der Waals surface area contributed by atoms with Gasteiger partial charge >= 0.3 is 11.9 Å². The lowest BCUT2D eigenvalue weighted by Crippen LogP contribution is -2.37. The van der Waals surface area contributed by atoms with Gasteiger partial charge in [0.15, 0.2) is 6.10 Å². The number of allylic oxidation sites excluding steroid dienone is 4. The molecule has 0 bridgehead atoms. The number of phosphoric ester groups is 1. The van der Waals surface area contributed by atoms with Gasteiger partial charge < -0.3 is 27.9 Å². The molecule has 0 fully saturated rings. The van der Waals surface area contributed by atoms with Crippen molar-refractivity contribution < 1.29 is 42.1 Å². The molecule has 2 atom stereocenters. The minimum Gasteiger partial charge on any atom is -0.756 e. The molecule has 0 radical (unpaired) electrons. The van der Waals surface area contributed by atoms with Crippen LogP contribution in [0.25, 0.3) is 0 Å². The fourth-order valence-electron chi connectivity index (χ4n) is 3.72. The molecule has 0 aliphatic rings. The largest absolute Gasteiger partial charge is 0.756 e. The van der Waals surface area contributed by atoms with Gasteiger partial charge in [-0.3, -0.25) is 14.2 Å². The molecule has 240 valence electrons. The number of esters is 2. The summed E-state index contributed by atoms with van der Waals surface area (Å²) in [4.78, 5) is 35.9. The Hall–Kier alpha value is -1.51. The minimum atomic E-state index is -4.58. The van der Waals surface area contributed by atoms with Crippen molar-refractivity contribution in [1.29, 1.82) is 0 Å². The summed E-state index contributed by atoms with van der Waals surface area (Å²) in [5.74, 6) is -0.947. The average Bonchev–Trinajstić information content (AvgIpc) is 2.90. The third-order valence-electron chi connectivity index (χ3n) is 6.28. The molecule has 0 aliphatic heterocycles. The van der Waals surface area contributed by atoms with Crippen molar-refractivity contribution in [3.63, 3.8) is 0 Å². The van der Waals surface area contributed by atoms with E-state index in [1.807, 2.05) is 21.1 Å². The zero-order valence-corrected chi connectivity index (χ0v) is 27.4. The van der Waals surface area contributed by atoms with E-state index < -0.39 is 32.5 Å². The van der Waals surface area contributed by atoms with Gasteiger partial charge in [-0.2, -0.15) is 0 Å². The molecule has 0 aromatic carbocycles. The summed E-state index contributed by atoms with van der Waals surface area (Å²) in [7, 11) is 1.15. The highest BCUT2D eigenvalue weighted by Gasteiger charge is 2.21. The molecule has 9 nitrogen and oxygen atoms in total. The predicted molar refractivity (Wildman–Crippen MR) is 162 cm³/mol. The number of carbonyl (C=O) groups excluding carboxylic acids is 2. The fourth-order valence-corrected chi connectivity index (χ4v) is 4.45. The van der Waals surface area contributed by atoms with Crippen LogP contribution >= 0.6 is 7.82 Å². The Labute approximate surface area is 249 Å². The first kappa shape index (κ1) is 39.5. The number of carbonyl (C=O) groups is 2. The summed E-state index contributed by atoms with van der Waals surface area (Å²) in [6.07, 6.45) is 23.0. The molecular formula is C31H58NO8P. The molecular weight excluding hydrogens is 545 g/mol. The van der Waals surface area contributed by atoms with Crippen LogP contribution in [-0.2, 0) is 32.7 Å². The Kier molecular flexibility index (Phi) is 24.1. The van der Waals surface area contributed by atoms with Crippen molar-refractivity contribution in [2.75, 3.05) is 47.5 Å². The Morgan fingerprint density at radius 3 is 1.95 bits per heavy atom. The van der Waals surface area contributed by atoms with Crippen LogP contribution < -0.4 is 4.89 Å². The van der Waals surface area contributed by atoms with Gasteiger partial charge in [-0.05, 0) is 38.5 Å². The van der Waals surface area contributed by atoms with Crippen molar-refractivity contribution >= 4 is 19.8 Å². The quantitative estimate of drug-likeness (QED) is 0.0337. The van der Waals surface area contributed by atoms with Gasteiger partial charge in [0, 0.05) is 12.8 Å². The number of rotatable bonds is 27. The molecule has 10 heteroatoms. The highest BCUT2D eigenvalue weighted by atomic mass is 31.2. The normalized spacial score (nSPS) is 14.4. The van der Waals surface area contributed by atoms with Gasteiger partial charge in [0.1, 0.15) is 19.8 Å². The molecule has 0 rings (SSSR count). The zero-order valence-electron chi connectivity index (χ0n) is 26.5. The molecule has 0 heterocycles. The van der Waals surface area contributed by atoms with E-state index in [0.717, 1.165) is 32.1 Å². The van der Waals surface area contributed by atoms with E-state index in [-0.39, 0.29) is 26.1 Å². The SMILES string of the molecule is CCCCC/C=C\C/C=C\CCCCCCCCCC(=O)OC(COC(=O)CC)COP(=O)([O-])OCC[N+](C)(C)C. The summed E-state index contributed by atoms with van der Waals surface area (Å²) < 4.78 is 32.8. The Balaban J connectivity index is 4.10. The molecule has 0 aromatic heterocycles. The van der Waals surface area contributed by atoms with E-state index in [4.69, 9.17) is 18.5 Å². The third-order valence-corrected chi connectivity index (χ3v) is 7.24. The molecule has 0 saturated heterocycles. The van der Waals surface area contributed by atoms with Gasteiger partial charge in [0.05, 0.1) is 27.7 Å². The summed E-state index contributed by atoms with van der Waals surface area (Å²) in [5, 5.41) is 0. The molecule has 0 aromatic rings.